The fourth-order valence-electron chi connectivity index (χ4n) is 4.66. The molecular formula is C16H37O4PSi. The Hall–Kier alpha value is 0.327. The monoisotopic (exact) mass is 353 g/mol. The van der Waals surface area contributed by atoms with Gasteiger partial charge >= 0.3 is 7.60 Å². The summed E-state index contributed by atoms with van der Waals surface area (Å²) in [5, 5.41) is 10.9. The van der Waals surface area contributed by atoms with Crippen LogP contribution < -0.4 is 0 Å². The Morgan fingerprint density at radius 1 is 0.864 bits per heavy atom. The van der Waals surface area contributed by atoms with Gasteiger partial charge in [-0.05, 0) is 19.4 Å². The highest BCUT2D eigenvalue weighted by Gasteiger charge is 2.53. The molecule has 2 atom stereocenters. The maximum atomic E-state index is 13.0. The van der Waals surface area contributed by atoms with Crippen molar-refractivity contribution in [3.63, 3.8) is 0 Å². The number of hydrogen-bond acceptors (Lipinski definition) is 4. The number of aliphatic hydroxyl groups is 1. The average molecular weight is 354 g/mol. The minimum Gasteiger partial charge on any atom is -0.380 e. The van der Waals surface area contributed by atoms with E-state index in [0.717, 1.165) is 0 Å². The molecule has 0 amide bonds. The van der Waals surface area contributed by atoms with E-state index in [1.54, 1.807) is 13.8 Å². The molecule has 22 heavy (non-hydrogen) atoms. The molecule has 134 valence electrons. The van der Waals surface area contributed by atoms with Gasteiger partial charge in [-0.3, -0.25) is 4.57 Å². The molecule has 0 unspecified atom stereocenters. The molecule has 0 aromatic carbocycles. The molecular weight excluding hydrogens is 316 g/mol. The van der Waals surface area contributed by atoms with Gasteiger partial charge < -0.3 is 14.2 Å². The fraction of sp³-hybridized carbons (Fsp3) is 1.00. The first-order valence-corrected chi connectivity index (χ1v) is 12.5. The minimum atomic E-state index is -3.49. The van der Waals surface area contributed by atoms with Gasteiger partial charge in [0.25, 0.3) is 0 Å². The van der Waals surface area contributed by atoms with Crippen LogP contribution in [0.15, 0.2) is 0 Å². The van der Waals surface area contributed by atoms with E-state index < -0.39 is 21.5 Å². The number of hydrogen-bond donors (Lipinski definition) is 1. The van der Waals surface area contributed by atoms with Crippen LogP contribution in [-0.2, 0) is 13.6 Å². The first kappa shape index (κ1) is 22.3. The topological polar surface area (TPSA) is 55.8 Å². The minimum absolute atomic E-state index is 0.0589. The lowest BCUT2D eigenvalue weighted by Gasteiger charge is -2.49. The number of aliphatic hydroxyl groups excluding tert-OH is 1. The highest BCUT2D eigenvalue weighted by atomic mass is 31.2. The Balaban J connectivity index is 5.82. The van der Waals surface area contributed by atoms with Crippen LogP contribution in [0.3, 0.4) is 0 Å². The third kappa shape index (κ3) is 4.24. The summed E-state index contributed by atoms with van der Waals surface area (Å²) in [6.45, 7) is 19.6. The summed E-state index contributed by atoms with van der Waals surface area (Å²) in [6.07, 6.45) is 0. The zero-order valence-electron chi connectivity index (χ0n) is 15.9. The van der Waals surface area contributed by atoms with Gasteiger partial charge in [0.2, 0.25) is 0 Å². The van der Waals surface area contributed by atoms with E-state index in [1.165, 1.54) is 0 Å². The zero-order valence-corrected chi connectivity index (χ0v) is 17.8. The van der Waals surface area contributed by atoms with Gasteiger partial charge in [0.1, 0.15) is 0 Å². The summed E-state index contributed by atoms with van der Waals surface area (Å²) in [6, 6.07) is 0. The molecule has 0 fully saturated rings. The summed E-state index contributed by atoms with van der Waals surface area (Å²) in [7, 11) is -5.44. The summed E-state index contributed by atoms with van der Waals surface area (Å²) < 4.78 is 23.8. The number of rotatable bonds is 10. The van der Waals surface area contributed by atoms with Crippen molar-refractivity contribution < 1.29 is 18.7 Å². The van der Waals surface area contributed by atoms with Crippen LogP contribution in [0.4, 0.5) is 0 Å². The lowest BCUT2D eigenvalue weighted by atomic mass is 10.5. The van der Waals surface area contributed by atoms with Gasteiger partial charge in [-0.1, -0.05) is 65.1 Å². The Kier molecular flexibility index (Phi) is 9.11. The summed E-state index contributed by atoms with van der Waals surface area (Å²) in [5.74, 6) is -1.05. The van der Waals surface area contributed by atoms with E-state index in [2.05, 4.69) is 41.5 Å². The molecule has 0 rings (SSSR count). The standard InChI is InChI=1S/C16H37O4PSi/c1-10-19-21(18,20-11-2)16(17)15(9)22(12(3)4,13(5)6)14(7)8/h12-17H,10-11H2,1-9H3/t15-,16+/m1/s1/i16+1. The van der Waals surface area contributed by atoms with E-state index >= 15 is 0 Å². The van der Waals surface area contributed by atoms with Crippen molar-refractivity contribution >= 4 is 15.7 Å². The third-order valence-corrected chi connectivity index (χ3v) is 15.7. The van der Waals surface area contributed by atoms with Gasteiger partial charge in [-0.15, -0.1) is 0 Å². The molecule has 4 nitrogen and oxygen atoms in total. The molecule has 1 N–H and O–H groups in total. The highest BCUT2D eigenvalue weighted by Crippen LogP contribution is 2.61. The van der Waals surface area contributed by atoms with Crippen molar-refractivity contribution in [2.45, 2.75) is 90.3 Å². The van der Waals surface area contributed by atoms with Crippen LogP contribution in [0.1, 0.15) is 62.3 Å². The third-order valence-electron chi connectivity index (χ3n) is 5.18. The smallest absolute Gasteiger partial charge is 0.358 e. The zero-order chi connectivity index (χ0) is 17.7. The normalized spacial score (nSPS) is 16.6. The first-order chi connectivity index (χ1) is 10.0. The molecule has 0 aliphatic heterocycles. The van der Waals surface area contributed by atoms with Crippen LogP contribution in [0, 0.1) is 0 Å². The fourth-order valence-corrected chi connectivity index (χ4v) is 15.3. The van der Waals surface area contributed by atoms with Crippen molar-refractivity contribution in [1.82, 2.24) is 0 Å². The molecule has 0 aromatic heterocycles. The molecule has 6 heteroatoms. The van der Waals surface area contributed by atoms with E-state index in [-0.39, 0.29) is 18.8 Å². The molecule has 0 saturated heterocycles. The summed E-state index contributed by atoms with van der Waals surface area (Å²) >= 11 is 0. The van der Waals surface area contributed by atoms with E-state index in [4.69, 9.17) is 9.05 Å². The van der Waals surface area contributed by atoms with Gasteiger partial charge in [-0.2, -0.15) is 0 Å². The molecule has 0 radical (unpaired) electrons. The second-order valence-electron chi connectivity index (χ2n) is 7.04. The quantitative estimate of drug-likeness (QED) is 0.314. The molecule has 0 spiro atoms. The van der Waals surface area contributed by atoms with Crippen LogP contribution in [0.2, 0.25) is 22.2 Å². The van der Waals surface area contributed by atoms with Crippen LogP contribution >= 0.6 is 7.60 Å². The Bertz CT molecular complexity index is 339. The maximum Gasteiger partial charge on any atom is 0.358 e. The maximum absolute atomic E-state index is 13.0. The Labute approximate surface area is 138 Å². The van der Waals surface area contributed by atoms with E-state index in [1.807, 2.05) is 6.92 Å². The molecule has 0 aromatic rings. The van der Waals surface area contributed by atoms with E-state index in [0.29, 0.717) is 16.6 Å². The highest BCUT2D eigenvalue weighted by molar-refractivity contribution is 7.54. The van der Waals surface area contributed by atoms with E-state index in [9.17, 15) is 9.67 Å². The second-order valence-corrected chi connectivity index (χ2v) is 15.5. The van der Waals surface area contributed by atoms with Gasteiger partial charge in [0.15, 0.2) is 5.85 Å². The Morgan fingerprint density at radius 3 is 1.41 bits per heavy atom. The van der Waals surface area contributed by atoms with Crippen LogP contribution in [0.25, 0.3) is 0 Å². The van der Waals surface area contributed by atoms with Crippen molar-refractivity contribution in [2.24, 2.45) is 0 Å². The molecule has 0 aliphatic carbocycles. The SMILES string of the molecule is CCOP(=O)(OCC)[13C@H](O)[C@@H](C)[Si](C(C)C)(C(C)C)C(C)C. The lowest BCUT2D eigenvalue weighted by molar-refractivity contribution is 0.144. The van der Waals surface area contributed by atoms with Crippen molar-refractivity contribution in [3.8, 4) is 0 Å². The molecule has 0 bridgehead atoms. The largest absolute Gasteiger partial charge is 0.380 e. The molecule has 0 saturated carbocycles. The lowest BCUT2D eigenvalue weighted by Crippen LogP contribution is -2.51. The van der Waals surface area contributed by atoms with Crippen molar-refractivity contribution in [1.29, 1.82) is 0 Å². The van der Waals surface area contributed by atoms with Crippen molar-refractivity contribution in [2.75, 3.05) is 13.2 Å². The van der Waals surface area contributed by atoms with Crippen LogP contribution in [0.5, 0.6) is 0 Å². The predicted octanol–water partition coefficient (Wildman–Crippen LogP) is 5.64. The molecule has 0 heterocycles. The van der Waals surface area contributed by atoms with Gasteiger partial charge in [-0.25, -0.2) is 0 Å². The van der Waals surface area contributed by atoms with Gasteiger partial charge in [0, 0.05) is 0 Å². The second kappa shape index (κ2) is 8.98. The Morgan fingerprint density at radius 2 is 1.18 bits per heavy atom. The van der Waals surface area contributed by atoms with Crippen LogP contribution in [-0.4, -0.2) is 32.2 Å². The summed E-state index contributed by atoms with van der Waals surface area (Å²) in [5.41, 5.74) is 1.38. The summed E-state index contributed by atoms with van der Waals surface area (Å²) in [4.78, 5) is 0. The molecule has 0 aliphatic rings. The van der Waals surface area contributed by atoms with Gasteiger partial charge in [0.05, 0.1) is 21.3 Å². The predicted molar refractivity (Wildman–Crippen MR) is 97.3 cm³/mol. The van der Waals surface area contributed by atoms with Crippen molar-refractivity contribution in [3.05, 3.63) is 0 Å². The average Bonchev–Trinajstić information content (AvgIpc) is 2.37. The first-order valence-electron chi connectivity index (χ1n) is 8.59.